The Morgan fingerprint density at radius 3 is 2.57 bits per heavy atom. The van der Waals surface area contributed by atoms with E-state index in [2.05, 4.69) is 4.99 Å². The Bertz CT molecular complexity index is 877. The Morgan fingerprint density at radius 1 is 1.10 bits per heavy atom. The molecule has 1 heterocycles. The molecule has 0 bridgehead atoms. The molecule has 0 fully saturated rings. The van der Waals surface area contributed by atoms with E-state index in [4.69, 9.17) is 4.42 Å². The van der Waals surface area contributed by atoms with E-state index < -0.39 is 5.63 Å². The standard InChI is InChI=1S/C17H13NO3/c1-11-6-8-12(9-7-11)18-10-14-16(19)13-4-2-3-5-15(13)21-17(14)20/h2-10,19H,1H3. The van der Waals surface area contributed by atoms with Crippen LogP contribution in [0, 0.1) is 6.92 Å². The van der Waals surface area contributed by atoms with Gasteiger partial charge in [-0.05, 0) is 31.2 Å². The number of aryl methyl sites for hydroxylation is 1. The summed E-state index contributed by atoms with van der Waals surface area (Å²) < 4.78 is 5.17. The van der Waals surface area contributed by atoms with Crippen LogP contribution in [0.2, 0.25) is 0 Å². The monoisotopic (exact) mass is 279 g/mol. The van der Waals surface area contributed by atoms with E-state index in [1.165, 1.54) is 6.21 Å². The number of fused-ring (bicyclic) bond motifs is 1. The van der Waals surface area contributed by atoms with Crippen LogP contribution < -0.4 is 5.63 Å². The lowest BCUT2D eigenvalue weighted by molar-refractivity contribution is 0.466. The van der Waals surface area contributed by atoms with Crippen LogP contribution in [0.1, 0.15) is 11.1 Å². The zero-order valence-corrected chi connectivity index (χ0v) is 11.4. The smallest absolute Gasteiger partial charge is 0.348 e. The van der Waals surface area contributed by atoms with Crippen molar-refractivity contribution in [1.29, 1.82) is 0 Å². The molecule has 4 nitrogen and oxygen atoms in total. The first-order valence-electron chi connectivity index (χ1n) is 6.51. The zero-order chi connectivity index (χ0) is 14.8. The molecule has 0 saturated heterocycles. The summed E-state index contributed by atoms with van der Waals surface area (Å²) in [6, 6.07) is 14.4. The number of rotatable bonds is 2. The number of hydrogen-bond donors (Lipinski definition) is 1. The minimum atomic E-state index is -0.609. The van der Waals surface area contributed by atoms with Gasteiger partial charge in [0, 0.05) is 6.21 Å². The van der Waals surface area contributed by atoms with E-state index in [-0.39, 0.29) is 11.3 Å². The highest BCUT2D eigenvalue weighted by Gasteiger charge is 2.11. The molecule has 0 radical (unpaired) electrons. The van der Waals surface area contributed by atoms with Gasteiger partial charge in [-0.15, -0.1) is 0 Å². The number of para-hydroxylation sites is 1. The van der Waals surface area contributed by atoms with Crippen molar-refractivity contribution in [1.82, 2.24) is 0 Å². The fourth-order valence-electron chi connectivity index (χ4n) is 2.03. The lowest BCUT2D eigenvalue weighted by Crippen LogP contribution is -2.06. The Kier molecular flexibility index (Phi) is 3.28. The molecule has 1 aromatic heterocycles. The van der Waals surface area contributed by atoms with Gasteiger partial charge in [-0.1, -0.05) is 29.8 Å². The van der Waals surface area contributed by atoms with Gasteiger partial charge in [0.2, 0.25) is 0 Å². The first-order chi connectivity index (χ1) is 10.1. The van der Waals surface area contributed by atoms with Gasteiger partial charge >= 0.3 is 5.63 Å². The van der Waals surface area contributed by atoms with Gasteiger partial charge in [-0.3, -0.25) is 4.99 Å². The lowest BCUT2D eigenvalue weighted by Gasteiger charge is -2.02. The van der Waals surface area contributed by atoms with E-state index in [9.17, 15) is 9.90 Å². The Morgan fingerprint density at radius 2 is 1.81 bits per heavy atom. The van der Waals surface area contributed by atoms with Crippen molar-refractivity contribution in [2.75, 3.05) is 0 Å². The molecule has 0 amide bonds. The number of hydrogen-bond acceptors (Lipinski definition) is 4. The summed E-state index contributed by atoms with van der Waals surface area (Å²) in [4.78, 5) is 16.1. The molecule has 4 heteroatoms. The molecule has 104 valence electrons. The summed E-state index contributed by atoms with van der Waals surface area (Å²) in [7, 11) is 0. The number of aromatic hydroxyl groups is 1. The molecule has 0 spiro atoms. The van der Waals surface area contributed by atoms with Crippen molar-refractivity contribution in [3.05, 3.63) is 70.1 Å². The van der Waals surface area contributed by atoms with Crippen molar-refractivity contribution in [3.63, 3.8) is 0 Å². The van der Waals surface area contributed by atoms with Gasteiger partial charge in [-0.25, -0.2) is 4.79 Å². The molecule has 1 N–H and O–H groups in total. The molecule has 0 saturated carbocycles. The minimum absolute atomic E-state index is 0.0503. The van der Waals surface area contributed by atoms with Gasteiger partial charge in [0.1, 0.15) is 16.9 Å². The van der Waals surface area contributed by atoms with Crippen molar-refractivity contribution in [2.45, 2.75) is 6.92 Å². The lowest BCUT2D eigenvalue weighted by atomic mass is 10.1. The summed E-state index contributed by atoms with van der Waals surface area (Å²) in [5.74, 6) is -0.113. The van der Waals surface area contributed by atoms with Gasteiger partial charge < -0.3 is 9.52 Å². The predicted octanol–water partition coefficient (Wildman–Crippen LogP) is 3.56. The van der Waals surface area contributed by atoms with E-state index >= 15 is 0 Å². The summed E-state index contributed by atoms with van der Waals surface area (Å²) in [6.07, 6.45) is 1.33. The van der Waals surface area contributed by atoms with Crippen LogP contribution >= 0.6 is 0 Å². The molecule has 0 aliphatic rings. The molecule has 0 aliphatic heterocycles. The Labute approximate surface area is 121 Å². The van der Waals surface area contributed by atoms with E-state index in [1.54, 1.807) is 24.3 Å². The molecule has 0 aliphatic carbocycles. The molecule has 0 unspecified atom stereocenters. The quantitative estimate of drug-likeness (QED) is 0.576. The third-order valence-corrected chi connectivity index (χ3v) is 3.20. The number of nitrogens with zero attached hydrogens (tertiary/aromatic N) is 1. The maximum absolute atomic E-state index is 11.9. The average Bonchev–Trinajstić information content (AvgIpc) is 2.49. The zero-order valence-electron chi connectivity index (χ0n) is 11.4. The summed E-state index contributed by atoms with van der Waals surface area (Å²) in [6.45, 7) is 1.98. The van der Waals surface area contributed by atoms with Crippen LogP contribution in [0.5, 0.6) is 5.75 Å². The SMILES string of the molecule is Cc1ccc(N=Cc2c(O)c3ccccc3oc2=O)cc1. The highest BCUT2D eigenvalue weighted by atomic mass is 16.4. The Hall–Kier alpha value is -2.88. The van der Waals surface area contributed by atoms with Crippen molar-refractivity contribution < 1.29 is 9.52 Å². The van der Waals surface area contributed by atoms with Crippen LogP contribution in [0.15, 0.2) is 62.7 Å². The first-order valence-corrected chi connectivity index (χ1v) is 6.51. The maximum atomic E-state index is 11.9. The highest BCUT2D eigenvalue weighted by molar-refractivity contribution is 5.94. The maximum Gasteiger partial charge on any atom is 0.348 e. The van der Waals surface area contributed by atoms with Crippen LogP contribution in [0.4, 0.5) is 5.69 Å². The van der Waals surface area contributed by atoms with Crippen LogP contribution in [0.3, 0.4) is 0 Å². The molecular formula is C17H13NO3. The Balaban J connectivity index is 2.08. The highest BCUT2D eigenvalue weighted by Crippen LogP contribution is 2.25. The summed E-state index contributed by atoms with van der Waals surface area (Å²) >= 11 is 0. The third kappa shape index (κ3) is 2.56. The largest absolute Gasteiger partial charge is 0.506 e. The van der Waals surface area contributed by atoms with Crippen molar-refractivity contribution in [3.8, 4) is 5.75 Å². The first kappa shape index (κ1) is 13.1. The average molecular weight is 279 g/mol. The van der Waals surface area contributed by atoms with Crippen molar-refractivity contribution in [2.24, 2.45) is 4.99 Å². The van der Waals surface area contributed by atoms with E-state index in [0.717, 1.165) is 5.56 Å². The second kappa shape index (κ2) is 5.25. The summed E-state index contributed by atoms with van der Waals surface area (Å²) in [5, 5.41) is 10.7. The van der Waals surface area contributed by atoms with E-state index in [0.29, 0.717) is 16.7 Å². The summed E-state index contributed by atoms with van der Waals surface area (Å²) in [5.41, 5.74) is 1.62. The van der Waals surface area contributed by atoms with Crippen LogP contribution in [-0.2, 0) is 0 Å². The van der Waals surface area contributed by atoms with Crippen molar-refractivity contribution >= 4 is 22.9 Å². The number of aliphatic imine (C=N–C) groups is 1. The molecule has 3 aromatic rings. The second-order valence-electron chi connectivity index (χ2n) is 4.74. The van der Waals surface area contributed by atoms with Gasteiger partial charge in [-0.2, -0.15) is 0 Å². The molecular weight excluding hydrogens is 266 g/mol. The normalized spacial score (nSPS) is 11.3. The van der Waals surface area contributed by atoms with Gasteiger partial charge in [0.05, 0.1) is 11.1 Å². The second-order valence-corrected chi connectivity index (χ2v) is 4.74. The molecule has 0 atom stereocenters. The predicted molar refractivity (Wildman–Crippen MR) is 82.6 cm³/mol. The molecule has 21 heavy (non-hydrogen) atoms. The fourth-order valence-corrected chi connectivity index (χ4v) is 2.03. The van der Waals surface area contributed by atoms with Gasteiger partial charge in [0.25, 0.3) is 0 Å². The fraction of sp³-hybridized carbons (Fsp3) is 0.0588. The van der Waals surface area contributed by atoms with Crippen LogP contribution in [-0.4, -0.2) is 11.3 Å². The van der Waals surface area contributed by atoms with E-state index in [1.807, 2.05) is 31.2 Å². The van der Waals surface area contributed by atoms with Crippen LogP contribution in [0.25, 0.3) is 11.0 Å². The molecule has 2 aromatic carbocycles. The number of benzene rings is 2. The topological polar surface area (TPSA) is 62.8 Å². The minimum Gasteiger partial charge on any atom is -0.506 e. The third-order valence-electron chi connectivity index (χ3n) is 3.20. The molecule has 3 rings (SSSR count). The van der Waals surface area contributed by atoms with Gasteiger partial charge in [0.15, 0.2) is 0 Å².